The minimum atomic E-state index is 0.497. The highest BCUT2D eigenvalue weighted by Crippen LogP contribution is 2.19. The smallest absolute Gasteiger partial charge is 0.0723 e. The highest BCUT2D eigenvalue weighted by atomic mass is 16.5. The van der Waals surface area contributed by atoms with Crippen molar-refractivity contribution in [3.05, 3.63) is 114 Å². The summed E-state index contributed by atoms with van der Waals surface area (Å²) in [6.45, 7) is 0.497. The summed E-state index contributed by atoms with van der Waals surface area (Å²) in [4.78, 5) is 0. The van der Waals surface area contributed by atoms with Crippen molar-refractivity contribution in [2.75, 3.05) is 0 Å². The fraction of sp³-hybridized carbons (Fsp3) is 0.0417. The zero-order valence-corrected chi connectivity index (χ0v) is 14.1. The molecule has 1 heteroatoms. The maximum absolute atomic E-state index is 5.09. The molecule has 3 aromatic carbocycles. The Bertz CT molecular complexity index is 846. The van der Waals surface area contributed by atoms with Gasteiger partial charge in [0.25, 0.3) is 0 Å². The first-order chi connectivity index (χ1) is 12.3. The average Bonchev–Trinajstić information content (AvgIpc) is 2.68. The number of ether oxygens (including phenoxy) is 1. The van der Waals surface area contributed by atoms with Crippen LogP contribution >= 0.6 is 0 Å². The monoisotopic (exact) mass is 325 g/mol. The van der Waals surface area contributed by atoms with Crippen LogP contribution in [0.3, 0.4) is 0 Å². The summed E-state index contributed by atoms with van der Waals surface area (Å²) in [6.07, 6.45) is 8.50. The Kier molecular flexibility index (Phi) is 5.97. The molecule has 0 unspecified atom stereocenters. The van der Waals surface area contributed by atoms with Gasteiger partial charge >= 0.3 is 0 Å². The molecule has 1 radical (unpaired) electrons. The molecule has 0 fully saturated rings. The highest BCUT2D eigenvalue weighted by molar-refractivity contribution is 5.75. The van der Waals surface area contributed by atoms with Gasteiger partial charge in [0.15, 0.2) is 0 Å². The third-order valence-corrected chi connectivity index (χ3v) is 3.95. The van der Waals surface area contributed by atoms with E-state index in [0.717, 1.165) is 16.7 Å². The lowest BCUT2D eigenvalue weighted by Crippen LogP contribution is -1.91. The molecule has 25 heavy (non-hydrogen) atoms. The van der Waals surface area contributed by atoms with Gasteiger partial charge in [-0.05, 0) is 33.9 Å². The molecular formula is C24H21O. The lowest BCUT2D eigenvalue weighted by molar-refractivity contribution is 0.228. The van der Waals surface area contributed by atoms with Crippen molar-refractivity contribution in [2.45, 2.75) is 6.61 Å². The van der Waals surface area contributed by atoms with E-state index in [9.17, 15) is 0 Å². The van der Waals surface area contributed by atoms with Crippen molar-refractivity contribution in [1.82, 2.24) is 0 Å². The maximum Gasteiger partial charge on any atom is 0.0723 e. The minimum absolute atomic E-state index is 0.497. The standard InChI is InChI=1S/C24H21O/c1-25-19-24-17-15-22(13-12-20-8-4-2-5-9-20)18-23(24)16-14-21-10-6-3-7-11-21/h2-18H,1,19H2. The van der Waals surface area contributed by atoms with E-state index in [1.165, 1.54) is 11.1 Å². The van der Waals surface area contributed by atoms with Gasteiger partial charge in [-0.3, -0.25) is 0 Å². The van der Waals surface area contributed by atoms with Gasteiger partial charge in [0, 0.05) is 0 Å². The van der Waals surface area contributed by atoms with E-state index in [2.05, 4.69) is 73.9 Å². The van der Waals surface area contributed by atoms with Crippen LogP contribution in [0.2, 0.25) is 0 Å². The first kappa shape index (κ1) is 16.9. The Hall–Kier alpha value is -2.90. The third-order valence-electron chi connectivity index (χ3n) is 3.95. The van der Waals surface area contributed by atoms with Crippen LogP contribution < -0.4 is 0 Å². The van der Waals surface area contributed by atoms with Crippen molar-refractivity contribution >= 4 is 24.3 Å². The zero-order chi connectivity index (χ0) is 17.3. The van der Waals surface area contributed by atoms with Gasteiger partial charge in [0.1, 0.15) is 0 Å². The Morgan fingerprint density at radius 1 is 0.640 bits per heavy atom. The topological polar surface area (TPSA) is 9.23 Å². The van der Waals surface area contributed by atoms with Crippen LogP contribution in [0.4, 0.5) is 0 Å². The number of hydrogen-bond acceptors (Lipinski definition) is 1. The normalized spacial score (nSPS) is 11.4. The van der Waals surface area contributed by atoms with Crippen molar-refractivity contribution in [3.8, 4) is 0 Å². The summed E-state index contributed by atoms with van der Waals surface area (Å²) in [6, 6.07) is 27.0. The molecule has 3 aromatic rings. The van der Waals surface area contributed by atoms with Gasteiger partial charge in [-0.1, -0.05) is 97.1 Å². The molecule has 0 bridgehead atoms. The summed E-state index contributed by atoms with van der Waals surface area (Å²) in [7, 11) is 3.50. The summed E-state index contributed by atoms with van der Waals surface area (Å²) in [5, 5.41) is 0. The van der Waals surface area contributed by atoms with Crippen LogP contribution in [0.5, 0.6) is 0 Å². The molecule has 0 aromatic heterocycles. The second-order valence-electron chi connectivity index (χ2n) is 5.79. The molecule has 0 atom stereocenters. The maximum atomic E-state index is 5.09. The van der Waals surface area contributed by atoms with E-state index in [4.69, 9.17) is 4.74 Å². The predicted octanol–water partition coefficient (Wildman–Crippen LogP) is 6.34. The molecule has 1 nitrogen and oxygen atoms in total. The Morgan fingerprint density at radius 3 is 1.80 bits per heavy atom. The molecule has 0 aliphatic carbocycles. The second kappa shape index (κ2) is 8.81. The third kappa shape index (κ3) is 5.03. The van der Waals surface area contributed by atoms with E-state index in [0.29, 0.717) is 6.61 Å². The summed E-state index contributed by atoms with van der Waals surface area (Å²) in [5.74, 6) is 0. The second-order valence-corrected chi connectivity index (χ2v) is 5.79. The lowest BCUT2D eigenvalue weighted by Gasteiger charge is -2.07. The van der Waals surface area contributed by atoms with Gasteiger partial charge in [-0.25, -0.2) is 0 Å². The van der Waals surface area contributed by atoms with Crippen molar-refractivity contribution in [2.24, 2.45) is 0 Å². The molecule has 0 saturated carbocycles. The van der Waals surface area contributed by atoms with Crippen LogP contribution in [-0.2, 0) is 11.3 Å². The first-order valence-corrected chi connectivity index (χ1v) is 8.31. The highest BCUT2D eigenvalue weighted by Gasteiger charge is 2.01. The van der Waals surface area contributed by atoms with E-state index in [1.807, 2.05) is 36.4 Å². The molecule has 0 amide bonds. The predicted molar refractivity (Wildman–Crippen MR) is 107 cm³/mol. The Morgan fingerprint density at radius 2 is 1.20 bits per heavy atom. The molecule has 0 spiro atoms. The quantitative estimate of drug-likeness (QED) is 0.481. The van der Waals surface area contributed by atoms with Crippen molar-refractivity contribution < 1.29 is 4.74 Å². The number of benzene rings is 3. The van der Waals surface area contributed by atoms with Gasteiger partial charge in [0.05, 0.1) is 13.7 Å². The molecule has 0 saturated heterocycles. The van der Waals surface area contributed by atoms with E-state index >= 15 is 0 Å². The Labute approximate surface area is 149 Å². The van der Waals surface area contributed by atoms with Gasteiger partial charge in [-0.15, -0.1) is 0 Å². The number of rotatable bonds is 6. The van der Waals surface area contributed by atoms with Crippen LogP contribution in [-0.4, -0.2) is 0 Å². The molecule has 0 aliphatic rings. The largest absolute Gasteiger partial charge is 0.374 e. The Balaban J connectivity index is 1.86. The van der Waals surface area contributed by atoms with E-state index in [1.54, 1.807) is 0 Å². The zero-order valence-electron chi connectivity index (χ0n) is 14.1. The summed E-state index contributed by atoms with van der Waals surface area (Å²) < 4.78 is 5.09. The average molecular weight is 325 g/mol. The van der Waals surface area contributed by atoms with Crippen LogP contribution in [0, 0.1) is 7.11 Å². The van der Waals surface area contributed by atoms with Gasteiger partial charge in [-0.2, -0.15) is 0 Å². The first-order valence-electron chi connectivity index (χ1n) is 8.31. The van der Waals surface area contributed by atoms with Crippen LogP contribution in [0.15, 0.2) is 78.9 Å². The van der Waals surface area contributed by atoms with E-state index < -0.39 is 0 Å². The van der Waals surface area contributed by atoms with Crippen molar-refractivity contribution in [1.29, 1.82) is 0 Å². The number of hydrogen-bond donors (Lipinski definition) is 0. The van der Waals surface area contributed by atoms with Gasteiger partial charge < -0.3 is 4.74 Å². The van der Waals surface area contributed by atoms with Gasteiger partial charge in [0.2, 0.25) is 0 Å². The SMILES string of the molecule is [CH2]OCc1ccc(C=Cc2ccccc2)cc1C=Cc1ccccc1. The molecular weight excluding hydrogens is 304 g/mol. The fourth-order valence-corrected chi connectivity index (χ4v) is 2.62. The molecule has 3 rings (SSSR count). The van der Waals surface area contributed by atoms with Crippen molar-refractivity contribution in [3.63, 3.8) is 0 Å². The van der Waals surface area contributed by atoms with E-state index in [-0.39, 0.29) is 0 Å². The lowest BCUT2D eigenvalue weighted by atomic mass is 10.0. The molecule has 123 valence electrons. The summed E-state index contributed by atoms with van der Waals surface area (Å²) >= 11 is 0. The minimum Gasteiger partial charge on any atom is -0.374 e. The van der Waals surface area contributed by atoms with Crippen LogP contribution in [0.25, 0.3) is 24.3 Å². The molecule has 0 aliphatic heterocycles. The van der Waals surface area contributed by atoms with Crippen LogP contribution in [0.1, 0.15) is 27.8 Å². The molecule has 0 heterocycles. The fourth-order valence-electron chi connectivity index (χ4n) is 2.62. The summed E-state index contributed by atoms with van der Waals surface area (Å²) in [5.41, 5.74) is 5.79. The molecule has 0 N–H and O–H groups in total.